The van der Waals surface area contributed by atoms with Gasteiger partial charge in [-0.05, 0) is 134 Å². The maximum Gasteiger partial charge on any atom is 0.114 e. The topological polar surface area (TPSA) is 17.8 Å². The molecular formula is C53H34N2. The molecular weight excluding hydrogens is 665 g/mol. The van der Waals surface area contributed by atoms with E-state index in [0.717, 1.165) is 29.0 Å². The van der Waals surface area contributed by atoms with Gasteiger partial charge in [0.05, 0.1) is 11.0 Å². The largest absolute Gasteiger partial charge is 0.296 e. The van der Waals surface area contributed by atoms with Crippen LogP contribution in [0.3, 0.4) is 0 Å². The number of aryl methyl sites for hydroxylation is 1. The number of para-hydroxylation sites is 1. The Hall–Kier alpha value is -7.03. The molecule has 0 aliphatic heterocycles. The van der Waals surface area contributed by atoms with Crippen molar-refractivity contribution in [3.8, 4) is 27.9 Å². The van der Waals surface area contributed by atoms with Gasteiger partial charge < -0.3 is 0 Å². The molecule has 11 aromatic carbocycles. The number of benzene rings is 10. The van der Waals surface area contributed by atoms with Crippen LogP contribution < -0.4 is 0 Å². The van der Waals surface area contributed by atoms with Crippen LogP contribution in [0.1, 0.15) is 12.7 Å². The Balaban J connectivity index is 1.13. The Labute approximate surface area is 317 Å². The normalized spacial score (nSPS) is 12.2. The van der Waals surface area contributed by atoms with Crippen molar-refractivity contribution in [2.75, 3.05) is 0 Å². The number of hydrogen-bond acceptors (Lipinski definition) is 1. The zero-order chi connectivity index (χ0) is 36.2. The standard InChI is InChI=1S/C53H34N2/c1-2-49-54-47-31-35(25-28-48(47)55(49)38-14-4-3-5-15-38)39-26-27-40(42-17-7-6-16-41(39)42)37-29-36-24-23-34-12-9-19-44-43-18-8-11-32-21-22-33-13-10-20-45(52(33)50(32)43)46(30-37)53(36)51(34)44/h3-31H,2H2,1H3. The van der Waals surface area contributed by atoms with Crippen LogP contribution >= 0.6 is 0 Å². The number of imidazole rings is 1. The van der Waals surface area contributed by atoms with Crippen molar-refractivity contribution in [3.63, 3.8) is 0 Å². The van der Waals surface area contributed by atoms with Crippen molar-refractivity contribution in [2.24, 2.45) is 0 Å². The Morgan fingerprint density at radius 3 is 1.55 bits per heavy atom. The van der Waals surface area contributed by atoms with E-state index in [0.29, 0.717) is 0 Å². The molecule has 0 amide bonds. The molecule has 1 aromatic heterocycles. The summed E-state index contributed by atoms with van der Waals surface area (Å²) in [6.07, 6.45) is 0.859. The molecule has 0 aliphatic carbocycles. The molecule has 0 bridgehead atoms. The molecule has 0 radical (unpaired) electrons. The molecule has 0 unspecified atom stereocenters. The van der Waals surface area contributed by atoms with Crippen molar-refractivity contribution in [3.05, 3.63) is 182 Å². The number of hydrogen-bond donors (Lipinski definition) is 0. The Morgan fingerprint density at radius 1 is 0.400 bits per heavy atom. The quantitative estimate of drug-likeness (QED) is 0.167. The highest BCUT2D eigenvalue weighted by molar-refractivity contribution is 6.37. The average Bonchev–Trinajstić information content (AvgIpc) is 3.62. The Morgan fingerprint density at radius 2 is 0.927 bits per heavy atom. The van der Waals surface area contributed by atoms with E-state index in [1.807, 2.05) is 0 Å². The van der Waals surface area contributed by atoms with Crippen LogP contribution in [0.2, 0.25) is 0 Å². The number of aromatic nitrogens is 2. The van der Waals surface area contributed by atoms with Gasteiger partial charge in [0, 0.05) is 12.1 Å². The van der Waals surface area contributed by atoms with Gasteiger partial charge in [-0.3, -0.25) is 4.57 Å². The molecule has 0 N–H and O–H groups in total. The monoisotopic (exact) mass is 698 g/mol. The highest BCUT2D eigenvalue weighted by Crippen LogP contribution is 2.45. The molecule has 0 spiro atoms. The van der Waals surface area contributed by atoms with E-state index in [1.54, 1.807) is 0 Å². The highest BCUT2D eigenvalue weighted by Gasteiger charge is 2.18. The third kappa shape index (κ3) is 4.34. The summed E-state index contributed by atoms with van der Waals surface area (Å²) in [6, 6.07) is 65.4. The van der Waals surface area contributed by atoms with Gasteiger partial charge in [0.25, 0.3) is 0 Å². The molecule has 0 aliphatic rings. The lowest BCUT2D eigenvalue weighted by Gasteiger charge is -2.18. The Kier molecular flexibility index (Phi) is 6.35. The summed E-state index contributed by atoms with van der Waals surface area (Å²) in [5.74, 6) is 1.07. The Bertz CT molecular complexity index is 3510. The van der Waals surface area contributed by atoms with Crippen molar-refractivity contribution in [2.45, 2.75) is 13.3 Å². The van der Waals surface area contributed by atoms with Gasteiger partial charge in [0.2, 0.25) is 0 Å². The van der Waals surface area contributed by atoms with Gasteiger partial charge >= 0.3 is 0 Å². The third-order valence-corrected chi connectivity index (χ3v) is 12.0. The van der Waals surface area contributed by atoms with Crippen LogP contribution in [-0.4, -0.2) is 9.55 Å². The van der Waals surface area contributed by atoms with E-state index in [4.69, 9.17) is 4.98 Å². The molecule has 2 heteroatoms. The molecule has 0 saturated heterocycles. The van der Waals surface area contributed by atoms with E-state index in [2.05, 4.69) is 187 Å². The van der Waals surface area contributed by atoms with Gasteiger partial charge in [-0.1, -0.05) is 146 Å². The van der Waals surface area contributed by atoms with E-state index in [1.165, 1.54) is 97.7 Å². The smallest absolute Gasteiger partial charge is 0.114 e. The summed E-state index contributed by atoms with van der Waals surface area (Å²) >= 11 is 0. The predicted octanol–water partition coefficient (Wildman–Crippen LogP) is 14.4. The fourth-order valence-corrected chi connectivity index (χ4v) is 9.64. The predicted molar refractivity (Wildman–Crippen MR) is 235 cm³/mol. The average molecular weight is 699 g/mol. The van der Waals surface area contributed by atoms with Gasteiger partial charge in [-0.2, -0.15) is 0 Å². The summed E-state index contributed by atoms with van der Waals surface area (Å²) in [6.45, 7) is 2.18. The first-order valence-electron chi connectivity index (χ1n) is 19.3. The lowest BCUT2D eigenvalue weighted by Crippen LogP contribution is -1.99. The molecule has 2 nitrogen and oxygen atoms in total. The molecule has 1 heterocycles. The summed E-state index contributed by atoms with van der Waals surface area (Å²) < 4.78 is 2.29. The second-order valence-corrected chi connectivity index (χ2v) is 14.9. The number of nitrogens with zero attached hydrogens (tertiary/aromatic N) is 2. The van der Waals surface area contributed by atoms with Crippen molar-refractivity contribution >= 4 is 86.4 Å². The zero-order valence-corrected chi connectivity index (χ0v) is 30.3. The highest BCUT2D eigenvalue weighted by atomic mass is 15.1. The lowest BCUT2D eigenvalue weighted by atomic mass is 9.85. The second kappa shape index (κ2) is 11.5. The summed E-state index contributed by atoms with van der Waals surface area (Å²) in [7, 11) is 0. The number of fused-ring (bicyclic) bond motifs is 4. The van der Waals surface area contributed by atoms with Gasteiger partial charge in [-0.15, -0.1) is 0 Å². The van der Waals surface area contributed by atoms with Crippen LogP contribution in [-0.2, 0) is 6.42 Å². The summed E-state index contributed by atoms with van der Waals surface area (Å²) in [5.41, 5.74) is 8.15. The van der Waals surface area contributed by atoms with E-state index >= 15 is 0 Å². The minimum absolute atomic E-state index is 0.859. The van der Waals surface area contributed by atoms with Crippen LogP contribution in [0.15, 0.2) is 176 Å². The van der Waals surface area contributed by atoms with Gasteiger partial charge in [-0.25, -0.2) is 4.98 Å². The summed E-state index contributed by atoms with van der Waals surface area (Å²) in [5, 5.41) is 18.1. The fourth-order valence-electron chi connectivity index (χ4n) is 9.64. The second-order valence-electron chi connectivity index (χ2n) is 14.9. The maximum absolute atomic E-state index is 5.13. The van der Waals surface area contributed by atoms with Crippen molar-refractivity contribution in [1.29, 1.82) is 0 Å². The molecule has 0 atom stereocenters. The van der Waals surface area contributed by atoms with Crippen LogP contribution in [0, 0.1) is 0 Å². The molecule has 12 aromatic rings. The van der Waals surface area contributed by atoms with Crippen molar-refractivity contribution in [1.82, 2.24) is 9.55 Å². The van der Waals surface area contributed by atoms with Crippen LogP contribution in [0.5, 0.6) is 0 Å². The van der Waals surface area contributed by atoms with E-state index < -0.39 is 0 Å². The molecule has 12 rings (SSSR count). The van der Waals surface area contributed by atoms with Gasteiger partial charge in [0.15, 0.2) is 0 Å². The van der Waals surface area contributed by atoms with E-state index in [-0.39, 0.29) is 0 Å². The first-order valence-corrected chi connectivity index (χ1v) is 19.3. The fraction of sp³-hybridized carbons (Fsp3) is 0.0377. The molecule has 55 heavy (non-hydrogen) atoms. The third-order valence-electron chi connectivity index (χ3n) is 12.0. The number of rotatable bonds is 4. The van der Waals surface area contributed by atoms with Crippen LogP contribution in [0.4, 0.5) is 0 Å². The molecule has 0 saturated carbocycles. The van der Waals surface area contributed by atoms with Crippen LogP contribution in [0.25, 0.3) is 114 Å². The minimum atomic E-state index is 0.859. The first kappa shape index (κ1) is 30.4. The maximum atomic E-state index is 5.13. The van der Waals surface area contributed by atoms with Crippen molar-refractivity contribution < 1.29 is 0 Å². The SMILES string of the molecule is CCc1nc2cc(-c3ccc(-c4cc5ccc6cccc7c8cccc9ccc%10cccc(c(c4)c5c67)c%10c98)c4ccccc34)ccc2n1-c1ccccc1. The zero-order valence-electron chi connectivity index (χ0n) is 30.3. The minimum Gasteiger partial charge on any atom is -0.296 e. The van der Waals surface area contributed by atoms with E-state index in [9.17, 15) is 0 Å². The molecule has 256 valence electrons. The van der Waals surface area contributed by atoms with Gasteiger partial charge in [0.1, 0.15) is 5.82 Å². The summed E-state index contributed by atoms with van der Waals surface area (Å²) in [4.78, 5) is 5.13. The molecule has 0 fully saturated rings. The first-order chi connectivity index (χ1) is 27.2. The lowest BCUT2D eigenvalue weighted by molar-refractivity contribution is 0.908.